The Bertz CT molecular complexity index is 464. The molecule has 1 spiro atoms. The second-order valence-electron chi connectivity index (χ2n) is 8.24. The second kappa shape index (κ2) is 10.4. The van der Waals surface area contributed by atoms with Gasteiger partial charge >= 0.3 is 0 Å². The molecule has 0 saturated heterocycles. The smallest absolute Gasteiger partial charge is 0.0315 e. The highest BCUT2D eigenvalue weighted by atomic mass is 14.5. The van der Waals surface area contributed by atoms with Crippen molar-refractivity contribution >= 4 is 0 Å². The number of allylic oxidation sites excluding steroid dienone is 6. The number of hydrogen-bond donors (Lipinski definition) is 0. The summed E-state index contributed by atoms with van der Waals surface area (Å²) in [6.07, 6.45) is 23.8. The van der Waals surface area contributed by atoms with Crippen LogP contribution in [0.2, 0.25) is 0 Å². The maximum atomic E-state index is 2.63. The summed E-state index contributed by atoms with van der Waals surface area (Å²) >= 11 is 0. The van der Waals surface area contributed by atoms with Crippen LogP contribution in [0.3, 0.4) is 0 Å². The van der Waals surface area contributed by atoms with Crippen LogP contribution in [0.1, 0.15) is 118 Å². The van der Waals surface area contributed by atoms with Crippen molar-refractivity contribution in [1.82, 2.24) is 0 Å². The van der Waals surface area contributed by atoms with Gasteiger partial charge in [-0.1, -0.05) is 76.7 Å². The fourth-order valence-corrected chi connectivity index (χ4v) is 5.03. The van der Waals surface area contributed by atoms with E-state index in [0.717, 1.165) is 0 Å². The Hall–Kier alpha value is -0.780. The van der Waals surface area contributed by atoms with Gasteiger partial charge in [0.25, 0.3) is 0 Å². The van der Waals surface area contributed by atoms with E-state index in [9.17, 15) is 0 Å². The van der Waals surface area contributed by atoms with Gasteiger partial charge in [0.2, 0.25) is 0 Å². The zero-order valence-corrected chi connectivity index (χ0v) is 17.6. The average Bonchev–Trinajstić information content (AvgIpc) is 3.19. The van der Waals surface area contributed by atoms with E-state index in [1.165, 1.54) is 89.9 Å². The molecule has 2 aliphatic carbocycles. The SMILES string of the molecule is CCCCC1=C(CCCC)C2(C=CCC2)C(CCCC)=C1CCCC. The van der Waals surface area contributed by atoms with Gasteiger partial charge in [-0.2, -0.15) is 0 Å². The summed E-state index contributed by atoms with van der Waals surface area (Å²) in [5.74, 6) is 0. The van der Waals surface area contributed by atoms with Crippen molar-refractivity contribution in [1.29, 1.82) is 0 Å². The van der Waals surface area contributed by atoms with E-state index in [1.54, 1.807) is 0 Å². The standard InChI is InChI=1S/C25H42/c1-5-9-15-21-22(16-10-6-2)24(18-12-8-4)25(19-13-14-20-25)23(21)17-11-7-3/h13,19H,5-12,14-18,20H2,1-4H3. The Morgan fingerprint density at radius 1 is 0.680 bits per heavy atom. The average molecular weight is 343 g/mol. The predicted molar refractivity (Wildman–Crippen MR) is 113 cm³/mol. The first-order valence-electron chi connectivity index (χ1n) is 11.4. The largest absolute Gasteiger partial charge is 0.0873 e. The van der Waals surface area contributed by atoms with Gasteiger partial charge in [0.1, 0.15) is 0 Å². The number of unbranched alkanes of at least 4 members (excludes halogenated alkanes) is 4. The summed E-state index contributed by atoms with van der Waals surface area (Å²) in [4.78, 5) is 0. The highest BCUT2D eigenvalue weighted by molar-refractivity contribution is 5.57. The van der Waals surface area contributed by atoms with E-state index in [-0.39, 0.29) is 0 Å². The molecule has 0 bridgehead atoms. The molecule has 142 valence electrons. The van der Waals surface area contributed by atoms with Crippen molar-refractivity contribution in [3.8, 4) is 0 Å². The van der Waals surface area contributed by atoms with Gasteiger partial charge in [-0.3, -0.25) is 0 Å². The van der Waals surface area contributed by atoms with Crippen molar-refractivity contribution < 1.29 is 0 Å². The summed E-state index contributed by atoms with van der Waals surface area (Å²) in [6.45, 7) is 9.39. The Kier molecular flexibility index (Phi) is 8.53. The molecule has 0 aromatic rings. The first kappa shape index (κ1) is 20.5. The Morgan fingerprint density at radius 3 is 1.48 bits per heavy atom. The summed E-state index contributed by atoms with van der Waals surface area (Å²) in [6, 6.07) is 0. The van der Waals surface area contributed by atoms with Crippen LogP contribution in [0.4, 0.5) is 0 Å². The molecule has 25 heavy (non-hydrogen) atoms. The van der Waals surface area contributed by atoms with Crippen LogP contribution >= 0.6 is 0 Å². The molecule has 0 nitrogen and oxygen atoms in total. The molecule has 0 aromatic carbocycles. The van der Waals surface area contributed by atoms with E-state index in [0.29, 0.717) is 5.41 Å². The van der Waals surface area contributed by atoms with Crippen molar-refractivity contribution in [2.45, 2.75) is 118 Å². The quantitative estimate of drug-likeness (QED) is 0.311. The fraction of sp³-hybridized carbons (Fsp3) is 0.760. The van der Waals surface area contributed by atoms with Crippen LogP contribution in [0.25, 0.3) is 0 Å². The molecule has 2 aliphatic rings. The van der Waals surface area contributed by atoms with E-state index in [4.69, 9.17) is 0 Å². The lowest BCUT2D eigenvalue weighted by atomic mass is 9.72. The Balaban J connectivity index is 2.47. The van der Waals surface area contributed by atoms with E-state index < -0.39 is 0 Å². The van der Waals surface area contributed by atoms with Crippen LogP contribution < -0.4 is 0 Å². The Morgan fingerprint density at radius 2 is 1.12 bits per heavy atom. The van der Waals surface area contributed by atoms with Gasteiger partial charge in [-0.15, -0.1) is 0 Å². The lowest BCUT2D eigenvalue weighted by molar-refractivity contribution is 0.487. The van der Waals surface area contributed by atoms with Gasteiger partial charge in [0.05, 0.1) is 0 Å². The molecule has 0 unspecified atom stereocenters. The van der Waals surface area contributed by atoms with Gasteiger partial charge in [-0.05, 0) is 75.4 Å². The van der Waals surface area contributed by atoms with Crippen molar-refractivity contribution in [2.24, 2.45) is 5.41 Å². The van der Waals surface area contributed by atoms with Crippen LogP contribution in [0, 0.1) is 5.41 Å². The normalized spacial score (nSPS) is 19.0. The van der Waals surface area contributed by atoms with Crippen LogP contribution in [-0.4, -0.2) is 0 Å². The molecular weight excluding hydrogens is 300 g/mol. The molecule has 0 heterocycles. The van der Waals surface area contributed by atoms with Gasteiger partial charge in [-0.25, -0.2) is 0 Å². The minimum Gasteiger partial charge on any atom is -0.0873 e. The summed E-state index contributed by atoms with van der Waals surface area (Å²) < 4.78 is 0. The second-order valence-corrected chi connectivity index (χ2v) is 8.24. The lowest BCUT2D eigenvalue weighted by Gasteiger charge is -2.31. The minimum atomic E-state index is 0.344. The molecule has 0 fully saturated rings. The maximum absolute atomic E-state index is 2.63. The number of rotatable bonds is 12. The summed E-state index contributed by atoms with van der Waals surface area (Å²) in [5, 5.41) is 0. The maximum Gasteiger partial charge on any atom is 0.0315 e. The van der Waals surface area contributed by atoms with Gasteiger partial charge in [0.15, 0.2) is 0 Å². The highest BCUT2D eigenvalue weighted by Gasteiger charge is 2.44. The lowest BCUT2D eigenvalue weighted by Crippen LogP contribution is -2.19. The molecule has 0 radical (unpaired) electrons. The van der Waals surface area contributed by atoms with Crippen LogP contribution in [-0.2, 0) is 0 Å². The van der Waals surface area contributed by atoms with E-state index in [2.05, 4.69) is 39.8 Å². The molecule has 0 N–H and O–H groups in total. The first-order chi connectivity index (χ1) is 12.2. The van der Waals surface area contributed by atoms with Gasteiger partial charge in [0, 0.05) is 5.41 Å². The third-order valence-corrected chi connectivity index (χ3v) is 6.40. The third-order valence-electron chi connectivity index (χ3n) is 6.40. The predicted octanol–water partition coefficient (Wildman–Crippen LogP) is 8.69. The number of hydrogen-bond acceptors (Lipinski definition) is 0. The van der Waals surface area contributed by atoms with E-state index in [1.807, 2.05) is 22.3 Å². The van der Waals surface area contributed by atoms with Crippen LogP contribution in [0.5, 0.6) is 0 Å². The monoisotopic (exact) mass is 342 g/mol. The molecule has 0 amide bonds. The van der Waals surface area contributed by atoms with Crippen LogP contribution in [0.15, 0.2) is 34.4 Å². The summed E-state index contributed by atoms with van der Waals surface area (Å²) in [5.41, 5.74) is 7.70. The van der Waals surface area contributed by atoms with Gasteiger partial charge < -0.3 is 0 Å². The molecule has 0 atom stereocenters. The zero-order valence-electron chi connectivity index (χ0n) is 17.6. The molecule has 0 heteroatoms. The third kappa shape index (κ3) is 4.50. The summed E-state index contributed by atoms with van der Waals surface area (Å²) in [7, 11) is 0. The van der Waals surface area contributed by atoms with Crippen molar-refractivity contribution in [2.75, 3.05) is 0 Å². The molecule has 0 aliphatic heterocycles. The minimum absolute atomic E-state index is 0.344. The molecule has 0 aromatic heterocycles. The Labute approximate surface area is 157 Å². The van der Waals surface area contributed by atoms with Crippen molar-refractivity contribution in [3.05, 3.63) is 34.4 Å². The molecule has 0 saturated carbocycles. The van der Waals surface area contributed by atoms with Crippen molar-refractivity contribution in [3.63, 3.8) is 0 Å². The topological polar surface area (TPSA) is 0 Å². The first-order valence-corrected chi connectivity index (χ1v) is 11.4. The molecule has 2 rings (SSSR count). The molecular formula is C25H42. The fourth-order valence-electron chi connectivity index (χ4n) is 5.03. The zero-order chi connectivity index (χ0) is 18.1. The highest BCUT2D eigenvalue weighted by Crippen LogP contribution is 2.58. The van der Waals surface area contributed by atoms with E-state index >= 15 is 0 Å².